The third-order valence-corrected chi connectivity index (χ3v) is 8.07. The number of para-hydroxylation sites is 1. The van der Waals surface area contributed by atoms with Crippen molar-refractivity contribution in [3.05, 3.63) is 53.6 Å². The van der Waals surface area contributed by atoms with Gasteiger partial charge < -0.3 is 15.3 Å². The SMILES string of the molecule is Cc1ccc(O)c(S(=O)(=O)N2CCN(C(=O)CCC3Cc4ccccc4NC3=O)CC2)c1. The lowest BCUT2D eigenvalue weighted by atomic mass is 9.89. The molecular weight excluding hydrogens is 430 g/mol. The maximum atomic E-state index is 12.9. The first kappa shape index (κ1) is 22.3. The molecule has 1 saturated heterocycles. The Balaban J connectivity index is 1.32. The Morgan fingerprint density at radius 3 is 2.59 bits per heavy atom. The number of phenolic OH excluding ortho intramolecular Hbond substituents is 1. The van der Waals surface area contributed by atoms with E-state index in [2.05, 4.69) is 5.32 Å². The van der Waals surface area contributed by atoms with Gasteiger partial charge in [0.2, 0.25) is 21.8 Å². The summed E-state index contributed by atoms with van der Waals surface area (Å²) in [5, 5.41) is 12.9. The van der Waals surface area contributed by atoms with Gasteiger partial charge in [-0.05, 0) is 49.1 Å². The van der Waals surface area contributed by atoms with E-state index in [1.807, 2.05) is 24.3 Å². The first-order valence-electron chi connectivity index (χ1n) is 10.7. The number of carbonyl (C=O) groups is 2. The highest BCUT2D eigenvalue weighted by molar-refractivity contribution is 7.89. The van der Waals surface area contributed by atoms with E-state index in [0.29, 0.717) is 12.8 Å². The van der Waals surface area contributed by atoms with Gasteiger partial charge in [0.05, 0.1) is 0 Å². The summed E-state index contributed by atoms with van der Waals surface area (Å²) in [6.45, 7) is 2.66. The average Bonchev–Trinajstić information content (AvgIpc) is 2.79. The van der Waals surface area contributed by atoms with E-state index in [0.717, 1.165) is 16.8 Å². The molecule has 2 N–H and O–H groups in total. The molecule has 2 heterocycles. The van der Waals surface area contributed by atoms with Crippen molar-refractivity contribution in [2.24, 2.45) is 5.92 Å². The Hall–Kier alpha value is -2.91. The summed E-state index contributed by atoms with van der Waals surface area (Å²) in [6.07, 6.45) is 1.31. The second-order valence-corrected chi connectivity index (χ2v) is 10.2. The van der Waals surface area contributed by atoms with Gasteiger partial charge in [-0.1, -0.05) is 24.3 Å². The monoisotopic (exact) mass is 457 g/mol. The first-order valence-corrected chi connectivity index (χ1v) is 12.2. The van der Waals surface area contributed by atoms with Crippen LogP contribution in [-0.4, -0.2) is 60.7 Å². The predicted molar refractivity (Wildman–Crippen MR) is 120 cm³/mol. The van der Waals surface area contributed by atoms with Crippen LogP contribution < -0.4 is 5.32 Å². The van der Waals surface area contributed by atoms with E-state index in [1.54, 1.807) is 17.9 Å². The molecule has 2 aromatic rings. The summed E-state index contributed by atoms with van der Waals surface area (Å²) in [5.41, 5.74) is 2.64. The molecule has 8 nitrogen and oxygen atoms in total. The highest BCUT2D eigenvalue weighted by Gasteiger charge is 2.32. The number of amides is 2. The molecule has 32 heavy (non-hydrogen) atoms. The predicted octanol–water partition coefficient (Wildman–Crippen LogP) is 2.12. The van der Waals surface area contributed by atoms with Crippen LogP contribution in [0.25, 0.3) is 0 Å². The van der Waals surface area contributed by atoms with Crippen LogP contribution in [0.4, 0.5) is 5.69 Å². The number of nitrogens with zero attached hydrogens (tertiary/aromatic N) is 2. The van der Waals surface area contributed by atoms with Gasteiger partial charge in [-0.25, -0.2) is 8.42 Å². The van der Waals surface area contributed by atoms with Crippen molar-refractivity contribution in [2.45, 2.75) is 31.1 Å². The largest absolute Gasteiger partial charge is 0.507 e. The van der Waals surface area contributed by atoms with Crippen LogP contribution in [0.2, 0.25) is 0 Å². The van der Waals surface area contributed by atoms with Gasteiger partial charge in [-0.2, -0.15) is 4.31 Å². The van der Waals surface area contributed by atoms with E-state index in [-0.39, 0.29) is 61.0 Å². The molecule has 2 aliphatic rings. The fourth-order valence-electron chi connectivity index (χ4n) is 4.25. The van der Waals surface area contributed by atoms with E-state index < -0.39 is 10.0 Å². The van der Waals surface area contributed by atoms with Crippen LogP contribution in [0.5, 0.6) is 5.75 Å². The van der Waals surface area contributed by atoms with Crippen LogP contribution >= 0.6 is 0 Å². The van der Waals surface area contributed by atoms with E-state index in [9.17, 15) is 23.1 Å². The second-order valence-electron chi connectivity index (χ2n) is 8.34. The topological polar surface area (TPSA) is 107 Å². The highest BCUT2D eigenvalue weighted by Crippen LogP contribution is 2.29. The van der Waals surface area contributed by atoms with Gasteiger partial charge in [0, 0.05) is 44.2 Å². The van der Waals surface area contributed by atoms with Gasteiger partial charge in [-0.3, -0.25) is 9.59 Å². The number of aromatic hydroxyl groups is 1. The highest BCUT2D eigenvalue weighted by atomic mass is 32.2. The number of fused-ring (bicyclic) bond motifs is 1. The fraction of sp³-hybridized carbons (Fsp3) is 0.391. The molecular formula is C23H27N3O5S. The number of phenols is 1. The molecule has 0 aromatic heterocycles. The fourth-order valence-corrected chi connectivity index (χ4v) is 5.84. The summed E-state index contributed by atoms with van der Waals surface area (Å²) < 4.78 is 27.2. The minimum Gasteiger partial charge on any atom is -0.507 e. The van der Waals surface area contributed by atoms with Crippen LogP contribution in [0.1, 0.15) is 24.0 Å². The molecule has 0 aliphatic carbocycles. The van der Waals surface area contributed by atoms with Crippen molar-refractivity contribution in [1.82, 2.24) is 9.21 Å². The zero-order valence-electron chi connectivity index (χ0n) is 18.0. The third-order valence-electron chi connectivity index (χ3n) is 6.14. The molecule has 9 heteroatoms. The van der Waals surface area contributed by atoms with Crippen LogP contribution in [0.3, 0.4) is 0 Å². The molecule has 0 bridgehead atoms. The van der Waals surface area contributed by atoms with Crippen molar-refractivity contribution in [3.63, 3.8) is 0 Å². The normalized spacial score (nSPS) is 19.3. The maximum Gasteiger partial charge on any atom is 0.246 e. The molecule has 1 atom stereocenters. The van der Waals surface area contributed by atoms with Crippen LogP contribution in [-0.2, 0) is 26.0 Å². The lowest BCUT2D eigenvalue weighted by Gasteiger charge is -2.34. The van der Waals surface area contributed by atoms with Crippen molar-refractivity contribution in [1.29, 1.82) is 0 Å². The Bertz CT molecular complexity index is 1140. The van der Waals surface area contributed by atoms with Crippen molar-refractivity contribution in [3.8, 4) is 5.75 Å². The molecule has 2 aromatic carbocycles. The summed E-state index contributed by atoms with van der Waals surface area (Å²) in [6, 6.07) is 12.1. The molecule has 4 rings (SSSR count). The van der Waals surface area contributed by atoms with Crippen molar-refractivity contribution in [2.75, 3.05) is 31.5 Å². The number of piperazine rings is 1. The Labute approximate surface area is 187 Å². The molecule has 2 amide bonds. The number of sulfonamides is 1. The minimum atomic E-state index is -3.84. The summed E-state index contributed by atoms with van der Waals surface area (Å²) >= 11 is 0. The number of rotatable bonds is 5. The minimum absolute atomic E-state index is 0.0645. The molecule has 170 valence electrons. The van der Waals surface area contributed by atoms with Crippen LogP contribution in [0.15, 0.2) is 47.4 Å². The number of hydrogen-bond acceptors (Lipinski definition) is 5. The zero-order valence-corrected chi connectivity index (χ0v) is 18.8. The average molecular weight is 458 g/mol. The van der Waals surface area contributed by atoms with E-state index in [4.69, 9.17) is 0 Å². The lowest BCUT2D eigenvalue weighted by molar-refractivity contribution is -0.132. The second kappa shape index (κ2) is 8.91. The quantitative estimate of drug-likeness (QED) is 0.715. The van der Waals surface area contributed by atoms with Gasteiger partial charge in [0.25, 0.3) is 0 Å². The van der Waals surface area contributed by atoms with Gasteiger partial charge >= 0.3 is 0 Å². The molecule has 0 spiro atoms. The van der Waals surface area contributed by atoms with Gasteiger partial charge in [0.1, 0.15) is 10.6 Å². The standard InChI is InChI=1S/C23H27N3O5S/c1-16-6-8-20(27)21(14-16)32(30,31)26-12-10-25(11-13-26)22(28)9-7-18-15-17-4-2-3-5-19(17)24-23(18)29/h2-6,8,14,18,27H,7,9-13,15H2,1H3,(H,24,29). The number of carbonyl (C=O) groups excluding carboxylic acids is 2. The Kier molecular flexibility index (Phi) is 6.21. The molecule has 0 saturated carbocycles. The Morgan fingerprint density at radius 1 is 1.12 bits per heavy atom. The number of benzene rings is 2. The van der Waals surface area contributed by atoms with Crippen LogP contribution in [0, 0.1) is 12.8 Å². The number of nitrogens with one attached hydrogen (secondary N) is 1. The summed E-state index contributed by atoms with van der Waals surface area (Å²) in [5.74, 6) is -0.668. The smallest absolute Gasteiger partial charge is 0.246 e. The summed E-state index contributed by atoms with van der Waals surface area (Å²) in [7, 11) is -3.84. The molecule has 1 fully saturated rings. The van der Waals surface area contributed by atoms with Gasteiger partial charge in [0.15, 0.2) is 0 Å². The van der Waals surface area contributed by atoms with E-state index in [1.165, 1.54) is 16.4 Å². The maximum absolute atomic E-state index is 12.9. The van der Waals surface area contributed by atoms with E-state index >= 15 is 0 Å². The Morgan fingerprint density at radius 2 is 1.84 bits per heavy atom. The lowest BCUT2D eigenvalue weighted by Crippen LogP contribution is -2.50. The molecule has 2 aliphatic heterocycles. The third kappa shape index (κ3) is 4.49. The van der Waals surface area contributed by atoms with Gasteiger partial charge in [-0.15, -0.1) is 0 Å². The first-order chi connectivity index (χ1) is 15.3. The van der Waals surface area contributed by atoms with Crippen molar-refractivity contribution >= 4 is 27.5 Å². The number of anilines is 1. The molecule has 1 unspecified atom stereocenters. The zero-order chi connectivity index (χ0) is 22.9. The van der Waals surface area contributed by atoms with Crippen molar-refractivity contribution < 1.29 is 23.1 Å². The number of hydrogen-bond donors (Lipinski definition) is 2. The summed E-state index contributed by atoms with van der Waals surface area (Å²) in [4.78, 5) is 26.6. The number of aryl methyl sites for hydroxylation is 1. The molecule has 0 radical (unpaired) electrons.